The van der Waals surface area contributed by atoms with E-state index in [4.69, 9.17) is 61.5 Å². The third kappa shape index (κ3) is 23.2. The fourth-order valence-electron chi connectivity index (χ4n) is 11.5. The molecule has 0 saturated carbocycles. The minimum absolute atomic E-state index is 0.0442. The van der Waals surface area contributed by atoms with Gasteiger partial charge in [0.1, 0.15) is 22.3 Å². The highest BCUT2D eigenvalue weighted by atomic mass is 35.5. The second kappa shape index (κ2) is 41.6. The third-order valence-electron chi connectivity index (χ3n) is 16.3. The van der Waals surface area contributed by atoms with Crippen molar-refractivity contribution < 1.29 is 57.4 Å². The van der Waals surface area contributed by atoms with Crippen molar-refractivity contribution in [3.05, 3.63) is 140 Å². The largest absolute Gasteiger partial charge is 0.462 e. The lowest BCUT2D eigenvalue weighted by Gasteiger charge is -2.26. The summed E-state index contributed by atoms with van der Waals surface area (Å²) >= 11 is 12.3. The minimum Gasteiger partial charge on any atom is -0.462 e. The maximum atomic E-state index is 12.3. The minimum atomic E-state index is -0.484. The Morgan fingerprint density at radius 2 is 0.960 bits per heavy atom. The Balaban J connectivity index is 0.000000187. The molecule has 25 heteroatoms. The maximum absolute atomic E-state index is 12.3. The van der Waals surface area contributed by atoms with E-state index < -0.39 is 5.97 Å². The average Bonchev–Trinajstić information content (AvgIpc) is 0.827. The summed E-state index contributed by atoms with van der Waals surface area (Å²) in [7, 11) is 4.11. The Labute approximate surface area is 597 Å². The highest BCUT2D eigenvalue weighted by Crippen LogP contribution is 2.35. The van der Waals surface area contributed by atoms with Crippen LogP contribution in [0.3, 0.4) is 0 Å². The lowest BCUT2D eigenvalue weighted by Crippen LogP contribution is -2.37. The van der Waals surface area contributed by atoms with Gasteiger partial charge in [-0.15, -0.1) is 0 Å². The number of aryl methyl sites for hydroxylation is 4. The molecule has 0 radical (unpaired) electrons. The number of benzene rings is 4. The number of rotatable bonds is 29. The zero-order valence-electron chi connectivity index (χ0n) is 59.6. The van der Waals surface area contributed by atoms with Crippen LogP contribution in [0.15, 0.2) is 85.5 Å². The zero-order valence-corrected chi connectivity index (χ0v) is 61.1. The first-order valence-electron chi connectivity index (χ1n) is 34.4. The molecule has 4 aromatic heterocycles. The van der Waals surface area contributed by atoms with Gasteiger partial charge in [-0.2, -0.15) is 0 Å². The van der Waals surface area contributed by atoms with E-state index >= 15 is 0 Å². The first-order chi connectivity index (χ1) is 48.4. The SMILES string of the molecule is CCOC(=O)c1cnc2c(C)cc(C)cc2c1NCCCN(C)C.CCOC(=O)c1cnc2c(C)cccc2c1NCCCN1CCOCC1.CCOC(=O)c1cnc2c(Cl)cc(Cl)cc2c1NCCOCCO.CCOC(=O)c1cnc2ccc(C)cc2c1NCCCN1CCOCC1. The van der Waals surface area contributed by atoms with E-state index in [2.05, 4.69) is 95.1 Å². The molecule has 0 bridgehead atoms. The summed E-state index contributed by atoms with van der Waals surface area (Å²) in [6.07, 6.45) is 9.27. The van der Waals surface area contributed by atoms with Crippen molar-refractivity contribution in [1.29, 1.82) is 0 Å². The molecule has 5 N–H and O–H groups in total. The van der Waals surface area contributed by atoms with Gasteiger partial charge in [0.25, 0.3) is 0 Å². The van der Waals surface area contributed by atoms with Crippen molar-refractivity contribution in [3.8, 4) is 0 Å². The summed E-state index contributed by atoms with van der Waals surface area (Å²) in [5, 5.41) is 26.6. The lowest BCUT2D eigenvalue weighted by atomic mass is 10.0. The summed E-state index contributed by atoms with van der Waals surface area (Å²) in [5.41, 5.74) is 12.5. The number of fused-ring (bicyclic) bond motifs is 4. The molecule has 0 atom stereocenters. The van der Waals surface area contributed by atoms with Crippen LogP contribution < -0.4 is 21.3 Å². The number of aliphatic hydroxyl groups excluding tert-OH is 1. The Morgan fingerprint density at radius 1 is 0.510 bits per heavy atom. The normalized spacial score (nSPS) is 13.1. The van der Waals surface area contributed by atoms with Gasteiger partial charge in [-0.3, -0.25) is 29.7 Å². The van der Waals surface area contributed by atoms with Crippen LogP contribution >= 0.6 is 23.2 Å². The molecule has 6 heterocycles. The number of pyridine rings is 4. The van der Waals surface area contributed by atoms with Crippen molar-refractivity contribution in [1.82, 2.24) is 34.6 Å². The molecule has 4 aromatic carbocycles. The van der Waals surface area contributed by atoms with Gasteiger partial charge in [-0.05, 0) is 150 Å². The van der Waals surface area contributed by atoms with Crippen LogP contribution in [0.5, 0.6) is 0 Å². The second-order valence-electron chi connectivity index (χ2n) is 24.1. The van der Waals surface area contributed by atoms with E-state index in [9.17, 15) is 19.2 Å². The van der Waals surface area contributed by atoms with E-state index in [0.717, 1.165) is 183 Å². The molecule has 100 heavy (non-hydrogen) atoms. The lowest BCUT2D eigenvalue weighted by molar-refractivity contribution is 0.0378. The van der Waals surface area contributed by atoms with E-state index in [0.29, 0.717) is 81.9 Å². The number of halogens is 2. The number of aromatic nitrogens is 4. The topological polar surface area (TPSA) is 263 Å². The van der Waals surface area contributed by atoms with Crippen LogP contribution in [0.4, 0.5) is 22.7 Å². The van der Waals surface area contributed by atoms with Gasteiger partial charge >= 0.3 is 23.9 Å². The molecule has 23 nitrogen and oxygen atoms in total. The number of hydrogen-bond donors (Lipinski definition) is 5. The van der Waals surface area contributed by atoms with E-state index in [-0.39, 0.29) is 37.7 Å². The van der Waals surface area contributed by atoms with E-state index in [1.807, 2.05) is 71.9 Å². The number of aliphatic hydroxyl groups is 1. The number of nitrogens with one attached hydrogen (secondary N) is 4. The number of hydrogen-bond acceptors (Lipinski definition) is 23. The van der Waals surface area contributed by atoms with Gasteiger partial charge < -0.3 is 64.4 Å². The summed E-state index contributed by atoms with van der Waals surface area (Å²) in [6.45, 7) is 30.3. The van der Waals surface area contributed by atoms with Gasteiger partial charge in [-0.1, -0.05) is 64.7 Å². The quantitative estimate of drug-likeness (QED) is 0.0166. The first kappa shape index (κ1) is 79.2. The number of nitrogens with zero attached hydrogens (tertiary/aromatic N) is 7. The predicted octanol–water partition coefficient (Wildman–Crippen LogP) is 12.2. The Hall–Kier alpha value is -8.10. The molecule has 0 amide bonds. The molecular formula is C75H99Cl2N11O12. The monoisotopic (exact) mass is 1420 g/mol. The maximum Gasteiger partial charge on any atom is 0.341 e. The van der Waals surface area contributed by atoms with Gasteiger partial charge in [0.05, 0.1) is 123 Å². The van der Waals surface area contributed by atoms with Gasteiger partial charge in [0.2, 0.25) is 0 Å². The molecule has 0 aliphatic carbocycles. The van der Waals surface area contributed by atoms with Crippen LogP contribution in [0.25, 0.3) is 43.6 Å². The van der Waals surface area contributed by atoms with Gasteiger partial charge in [0, 0.05) is 104 Å². The van der Waals surface area contributed by atoms with Crippen LogP contribution in [0.2, 0.25) is 10.0 Å². The molecule has 2 saturated heterocycles. The number of esters is 4. The van der Waals surface area contributed by atoms with Crippen molar-refractivity contribution in [3.63, 3.8) is 0 Å². The average molecular weight is 1420 g/mol. The summed E-state index contributed by atoms with van der Waals surface area (Å²) in [6, 6.07) is 19.6. The number of ether oxygens (including phenoxy) is 7. The fraction of sp³-hybridized carbons (Fsp3) is 0.467. The molecule has 8 aromatic rings. The predicted molar refractivity (Wildman–Crippen MR) is 399 cm³/mol. The number of anilines is 4. The highest BCUT2D eigenvalue weighted by Gasteiger charge is 2.23. The molecule has 2 fully saturated rings. The summed E-state index contributed by atoms with van der Waals surface area (Å²) < 4.78 is 36.7. The molecule has 0 unspecified atom stereocenters. The smallest absolute Gasteiger partial charge is 0.341 e. The number of morpholine rings is 2. The zero-order chi connectivity index (χ0) is 71.9. The molecule has 10 rings (SSSR count). The number of carbonyl (C=O) groups excluding carboxylic acids is 4. The Morgan fingerprint density at radius 3 is 1.47 bits per heavy atom. The standard InChI is InChI=1S/2C20H27N3O3.C19H27N3O2.C16H18Cl2N2O4/c1-3-26-20(24)17-14-22-18-6-5-15(2)13-16(18)19(17)21-7-4-8-23-9-11-25-12-10-23;1-3-26-20(24)17-14-22-18-15(2)6-4-7-16(18)19(17)21-8-5-9-23-10-12-25-13-11-23;1-6-24-19(23)16-12-21-17-14(3)10-13(2)11-15(17)18(16)20-8-7-9-22(4)5;1-2-24-16(22)12-9-20-15-11(7-10(17)8-13(15)18)14(12)19-3-5-23-6-4-21/h5-6,13-14H,3-4,7-12H2,1-2H3,(H,21,22);4,6-7,14H,3,5,8-13H2,1-2H3,(H,21,22);10-12H,6-9H2,1-5H3,(H,20,21);7-9,21H,2-6H2,1H3,(H,19,20). The highest BCUT2D eigenvalue weighted by molar-refractivity contribution is 6.39. The van der Waals surface area contributed by atoms with Crippen LogP contribution in [0.1, 0.15) is 111 Å². The second-order valence-corrected chi connectivity index (χ2v) is 25.0. The Kier molecular flexibility index (Phi) is 33.0. The summed E-state index contributed by atoms with van der Waals surface area (Å²) in [5.74, 6) is -1.49. The fourth-order valence-corrected chi connectivity index (χ4v) is 12.0. The van der Waals surface area contributed by atoms with E-state index in [1.54, 1.807) is 37.6 Å². The number of carbonyl (C=O) groups is 4. The Bertz CT molecular complexity index is 3930. The van der Waals surface area contributed by atoms with Crippen LogP contribution in [-0.2, 0) is 33.2 Å². The molecule has 2 aliphatic heterocycles. The van der Waals surface area contributed by atoms with Gasteiger partial charge in [0.15, 0.2) is 0 Å². The number of para-hydroxylation sites is 1. The molecule has 0 spiro atoms. The van der Waals surface area contributed by atoms with Crippen LogP contribution in [0, 0.1) is 27.7 Å². The van der Waals surface area contributed by atoms with Crippen molar-refractivity contribution >= 4 is 113 Å². The van der Waals surface area contributed by atoms with E-state index in [1.165, 1.54) is 6.20 Å². The van der Waals surface area contributed by atoms with Crippen LogP contribution in [-0.4, -0.2) is 222 Å². The molecule has 540 valence electrons. The van der Waals surface area contributed by atoms with Crippen molar-refractivity contribution in [2.45, 2.75) is 74.7 Å². The molecule has 2 aliphatic rings. The van der Waals surface area contributed by atoms with Crippen molar-refractivity contribution in [2.75, 3.05) is 180 Å². The molecular weight excluding hydrogens is 1320 g/mol. The first-order valence-corrected chi connectivity index (χ1v) is 35.2. The van der Waals surface area contributed by atoms with Crippen molar-refractivity contribution in [2.24, 2.45) is 0 Å². The van der Waals surface area contributed by atoms with Gasteiger partial charge in [-0.25, -0.2) is 19.2 Å². The summed E-state index contributed by atoms with van der Waals surface area (Å²) in [4.78, 5) is 73.8. The third-order valence-corrected chi connectivity index (χ3v) is 16.8.